The molecule has 0 saturated heterocycles. The van der Waals surface area contributed by atoms with Gasteiger partial charge in [-0.25, -0.2) is 19.6 Å². The largest absolute Gasteiger partial charge is 0.444 e. The molecule has 4 aromatic rings. The zero-order chi connectivity index (χ0) is 37.4. The van der Waals surface area contributed by atoms with Crippen LogP contribution in [-0.4, -0.2) is 66.2 Å². The summed E-state index contributed by atoms with van der Waals surface area (Å²) in [7, 11) is 0. The van der Waals surface area contributed by atoms with E-state index in [1.807, 2.05) is 67.8 Å². The molecule has 2 amide bonds. The fourth-order valence-electron chi connectivity index (χ4n) is 8.36. The maximum atomic E-state index is 13.1. The zero-order valence-electron chi connectivity index (χ0n) is 32.0. The van der Waals surface area contributed by atoms with E-state index >= 15 is 0 Å². The van der Waals surface area contributed by atoms with Crippen molar-refractivity contribution < 1.29 is 19.1 Å². The Hall–Kier alpha value is -5.12. The maximum Gasteiger partial charge on any atom is 0.411 e. The van der Waals surface area contributed by atoms with Crippen molar-refractivity contribution in [3.8, 4) is 33.6 Å². The van der Waals surface area contributed by atoms with Crippen LogP contribution >= 0.6 is 0 Å². The minimum absolute atomic E-state index is 0.297. The lowest BCUT2D eigenvalue weighted by Gasteiger charge is -2.31. The first-order valence-corrected chi connectivity index (χ1v) is 18.8. The van der Waals surface area contributed by atoms with E-state index in [0.29, 0.717) is 24.9 Å². The van der Waals surface area contributed by atoms with Gasteiger partial charge in [-0.3, -0.25) is 9.80 Å². The van der Waals surface area contributed by atoms with Crippen molar-refractivity contribution in [2.75, 3.05) is 13.1 Å². The van der Waals surface area contributed by atoms with Gasteiger partial charge in [0.2, 0.25) is 0 Å². The molecular formula is C43H50N6O4. The summed E-state index contributed by atoms with van der Waals surface area (Å²) in [6.45, 7) is 16.4. The average Bonchev–Trinajstić information content (AvgIpc) is 3.90. The van der Waals surface area contributed by atoms with Crippen LogP contribution in [-0.2, 0) is 15.9 Å². The highest BCUT2D eigenvalue weighted by molar-refractivity contribution is 5.80. The van der Waals surface area contributed by atoms with Crippen LogP contribution < -0.4 is 0 Å². The highest BCUT2D eigenvalue weighted by Crippen LogP contribution is 2.56. The first-order valence-electron chi connectivity index (χ1n) is 18.8. The normalized spacial score (nSPS) is 22.3. The number of carbonyl (C=O) groups excluding carboxylic acids is 2. The molecule has 53 heavy (non-hydrogen) atoms. The molecule has 0 bridgehead atoms. The van der Waals surface area contributed by atoms with Crippen LogP contribution in [0.5, 0.6) is 0 Å². The second-order valence-electron chi connectivity index (χ2n) is 17.3. The Morgan fingerprint density at radius 2 is 1.21 bits per heavy atom. The van der Waals surface area contributed by atoms with Crippen molar-refractivity contribution in [2.45, 2.75) is 104 Å². The summed E-state index contributed by atoms with van der Waals surface area (Å²) in [5.41, 5.74) is 10.5. The van der Waals surface area contributed by atoms with E-state index in [-0.39, 0.29) is 24.3 Å². The molecule has 276 valence electrons. The van der Waals surface area contributed by atoms with Gasteiger partial charge >= 0.3 is 12.2 Å². The van der Waals surface area contributed by atoms with E-state index in [4.69, 9.17) is 19.4 Å². The quantitative estimate of drug-likeness (QED) is 0.199. The highest BCUT2D eigenvalue weighted by atomic mass is 16.6. The Kier molecular flexibility index (Phi) is 8.42. The summed E-state index contributed by atoms with van der Waals surface area (Å²) in [6.07, 6.45) is 10.8. The summed E-state index contributed by atoms with van der Waals surface area (Å²) < 4.78 is 11.4. The van der Waals surface area contributed by atoms with Crippen molar-refractivity contribution in [3.05, 3.63) is 94.9 Å². The van der Waals surface area contributed by atoms with E-state index in [0.717, 1.165) is 46.2 Å². The minimum atomic E-state index is -0.573. The van der Waals surface area contributed by atoms with Crippen LogP contribution in [0.4, 0.5) is 9.59 Å². The number of aromatic amines is 2. The third-order valence-corrected chi connectivity index (χ3v) is 10.8. The molecule has 1 fully saturated rings. The number of benzene rings is 2. The summed E-state index contributed by atoms with van der Waals surface area (Å²) in [5.74, 6) is 2.70. The number of hydrogen-bond acceptors (Lipinski definition) is 6. The first-order chi connectivity index (χ1) is 25.1. The van der Waals surface area contributed by atoms with Gasteiger partial charge in [-0.2, -0.15) is 0 Å². The fourth-order valence-corrected chi connectivity index (χ4v) is 8.36. The molecule has 2 aromatic carbocycles. The molecule has 0 radical (unpaired) electrons. The smallest absolute Gasteiger partial charge is 0.411 e. The lowest BCUT2D eigenvalue weighted by atomic mass is 9.73. The topological polar surface area (TPSA) is 116 Å². The number of hydrogen-bond donors (Lipinski definition) is 2. The van der Waals surface area contributed by atoms with E-state index in [1.54, 1.807) is 9.80 Å². The van der Waals surface area contributed by atoms with Gasteiger partial charge in [0.25, 0.3) is 0 Å². The van der Waals surface area contributed by atoms with Crippen molar-refractivity contribution in [3.63, 3.8) is 0 Å². The van der Waals surface area contributed by atoms with Gasteiger partial charge in [0.05, 0.1) is 23.8 Å². The predicted octanol–water partition coefficient (Wildman–Crippen LogP) is 9.66. The van der Waals surface area contributed by atoms with Crippen LogP contribution in [0.15, 0.2) is 72.1 Å². The molecule has 2 unspecified atom stereocenters. The Morgan fingerprint density at radius 1 is 0.698 bits per heavy atom. The minimum Gasteiger partial charge on any atom is -0.444 e. The second kappa shape index (κ2) is 12.8. The van der Waals surface area contributed by atoms with Gasteiger partial charge in [0.15, 0.2) is 0 Å². The second-order valence-corrected chi connectivity index (χ2v) is 17.3. The fraction of sp³-hybridized carbons (Fsp3) is 0.442. The number of fused-ring (bicyclic) bond motifs is 3. The molecule has 8 rings (SSSR count). The lowest BCUT2D eigenvalue weighted by Crippen LogP contribution is -2.37. The van der Waals surface area contributed by atoms with Gasteiger partial charge in [0.1, 0.15) is 34.9 Å². The Balaban J connectivity index is 1.04. The van der Waals surface area contributed by atoms with Crippen LogP contribution in [0.25, 0.3) is 33.6 Å². The number of ether oxygens (including phenoxy) is 2. The number of nitrogens with zero attached hydrogens (tertiary/aromatic N) is 4. The standard InChI is InChI=1S/C43H50N6O4/c1-24-17-35(48(22-24)40(50)52-42(3,4)5)38-44-20-33(46-38)27-11-9-26(10-12-27)29-15-16-31(32-19-28-13-14-30(28)37(29)32)34-21-45-39(47-34)36-18-25(2)23-49(36)41(51)53-43(6,7)8/h9-12,15-18,20-21,28,30,35-36H,13-14,19,22-23H2,1-8H3,(H,44,46)(H,45,47)/t28?,30?,35-,36-/m0/s1. The number of amides is 2. The molecule has 4 heterocycles. The monoisotopic (exact) mass is 714 g/mol. The number of rotatable bonds is 5. The van der Waals surface area contributed by atoms with E-state index in [9.17, 15) is 9.59 Å². The maximum absolute atomic E-state index is 13.1. The van der Waals surface area contributed by atoms with Gasteiger partial charge in [0, 0.05) is 18.7 Å². The van der Waals surface area contributed by atoms with Crippen molar-refractivity contribution in [2.24, 2.45) is 5.92 Å². The molecule has 2 aliphatic heterocycles. The average molecular weight is 715 g/mol. The predicted molar refractivity (Wildman–Crippen MR) is 205 cm³/mol. The summed E-state index contributed by atoms with van der Waals surface area (Å²) >= 11 is 0. The van der Waals surface area contributed by atoms with Crippen LogP contribution in [0, 0.1) is 5.92 Å². The van der Waals surface area contributed by atoms with E-state index in [1.165, 1.54) is 40.7 Å². The Bertz CT molecular complexity index is 2140. The number of nitrogens with one attached hydrogen (secondary N) is 2. The van der Waals surface area contributed by atoms with Gasteiger partial charge in [-0.15, -0.1) is 0 Å². The van der Waals surface area contributed by atoms with E-state index < -0.39 is 11.2 Å². The summed E-state index contributed by atoms with van der Waals surface area (Å²) in [6, 6.07) is 12.6. The number of H-pyrrole nitrogens is 2. The molecule has 2 aromatic heterocycles. The molecular weight excluding hydrogens is 665 g/mol. The third kappa shape index (κ3) is 6.68. The lowest BCUT2D eigenvalue weighted by molar-refractivity contribution is 0.0222. The Labute approximate surface area is 311 Å². The molecule has 10 heteroatoms. The van der Waals surface area contributed by atoms with Crippen molar-refractivity contribution in [1.82, 2.24) is 29.7 Å². The summed E-state index contributed by atoms with van der Waals surface area (Å²) in [5, 5.41) is 0. The molecule has 1 saturated carbocycles. The molecule has 2 N–H and O–H groups in total. The van der Waals surface area contributed by atoms with Crippen LogP contribution in [0.3, 0.4) is 0 Å². The SMILES string of the molecule is CC1=C[C@@H](c2ncc(-c3ccc(-c4ccc(-c5cnc([C@@H]6C=C(C)CN6C(=O)OC(C)(C)C)[nH]5)c5c4C4CCC4C5)cc3)[nH]2)N(C(=O)OC(C)(C)C)C1. The first kappa shape index (κ1) is 34.9. The van der Waals surface area contributed by atoms with Crippen molar-refractivity contribution in [1.29, 1.82) is 0 Å². The highest BCUT2D eigenvalue weighted by Gasteiger charge is 2.42. The number of imidazole rings is 2. The van der Waals surface area contributed by atoms with Crippen molar-refractivity contribution >= 4 is 12.2 Å². The van der Waals surface area contributed by atoms with E-state index in [2.05, 4.69) is 58.5 Å². The van der Waals surface area contributed by atoms with Gasteiger partial charge in [-0.05, 0) is 114 Å². The summed E-state index contributed by atoms with van der Waals surface area (Å²) in [4.78, 5) is 46.2. The van der Waals surface area contributed by atoms with Gasteiger partial charge < -0.3 is 19.4 Å². The van der Waals surface area contributed by atoms with Crippen LogP contribution in [0.2, 0.25) is 0 Å². The molecule has 0 spiro atoms. The molecule has 4 atom stereocenters. The van der Waals surface area contributed by atoms with Crippen LogP contribution in [0.1, 0.15) is 109 Å². The third-order valence-electron chi connectivity index (χ3n) is 10.8. The molecule has 10 nitrogen and oxygen atoms in total. The molecule has 4 aliphatic rings. The van der Waals surface area contributed by atoms with Gasteiger partial charge in [-0.1, -0.05) is 59.7 Å². The Morgan fingerprint density at radius 3 is 1.74 bits per heavy atom. The molecule has 2 aliphatic carbocycles. The number of carbonyl (C=O) groups is 2. The zero-order valence-corrected chi connectivity index (χ0v) is 32.0. The number of aromatic nitrogens is 4.